The average Bonchev–Trinajstić information content (AvgIpc) is 3.32. The van der Waals surface area contributed by atoms with Crippen LogP contribution < -0.4 is 5.56 Å². The lowest BCUT2D eigenvalue weighted by Crippen LogP contribution is -2.28. The molecule has 3 aromatic rings. The number of nitrogens with zero attached hydrogens (tertiary/aromatic N) is 2. The average molecular weight is 445 g/mol. The molecule has 0 fully saturated rings. The van der Waals surface area contributed by atoms with Crippen LogP contribution in [0.3, 0.4) is 0 Å². The minimum atomic E-state index is -1.13. The summed E-state index contributed by atoms with van der Waals surface area (Å²) in [5.41, 5.74) is 1.28. The number of carboxylic acids is 1. The summed E-state index contributed by atoms with van der Waals surface area (Å²) in [6, 6.07) is 3.00. The second kappa shape index (κ2) is 8.24. The lowest BCUT2D eigenvalue weighted by atomic mass is 9.72. The van der Waals surface area contributed by atoms with Crippen LogP contribution in [0.2, 0.25) is 0 Å². The summed E-state index contributed by atoms with van der Waals surface area (Å²) < 4.78 is 12.2. The maximum absolute atomic E-state index is 13.6. The number of carbonyl (C=O) groups is 1. The minimum absolute atomic E-state index is 0.0870. The Hall–Kier alpha value is -2.45. The molecule has 8 heteroatoms. The zero-order valence-electron chi connectivity index (χ0n) is 18.4. The van der Waals surface area contributed by atoms with Gasteiger partial charge in [-0.2, -0.15) is 0 Å². The molecule has 0 aliphatic heterocycles. The number of furan rings is 1. The largest absolute Gasteiger partial charge is 0.475 e. The number of rotatable bonds is 6. The molecule has 0 amide bonds. The Morgan fingerprint density at radius 3 is 2.81 bits per heavy atom. The van der Waals surface area contributed by atoms with Gasteiger partial charge in [0.25, 0.3) is 5.56 Å². The first kappa shape index (κ1) is 21.8. The topological polar surface area (TPSA) is 94.6 Å². The second-order valence-electron chi connectivity index (χ2n) is 9.22. The first-order valence-electron chi connectivity index (χ1n) is 10.5. The highest BCUT2D eigenvalue weighted by atomic mass is 32.1. The first-order valence-corrected chi connectivity index (χ1v) is 11.4. The van der Waals surface area contributed by atoms with Gasteiger partial charge < -0.3 is 14.3 Å². The third-order valence-electron chi connectivity index (χ3n) is 6.19. The predicted octanol–water partition coefficient (Wildman–Crippen LogP) is 4.14. The number of aromatic nitrogens is 2. The number of hydrogen-bond donors (Lipinski definition) is 1. The van der Waals surface area contributed by atoms with Crippen molar-refractivity contribution in [3.8, 4) is 0 Å². The van der Waals surface area contributed by atoms with Gasteiger partial charge in [0.15, 0.2) is 0 Å². The fourth-order valence-electron chi connectivity index (χ4n) is 4.32. The highest BCUT2D eigenvalue weighted by Gasteiger charge is 2.32. The van der Waals surface area contributed by atoms with E-state index in [1.807, 2.05) is 0 Å². The number of thiophene rings is 1. The van der Waals surface area contributed by atoms with E-state index >= 15 is 0 Å². The number of ether oxygens (including phenoxy) is 1. The quantitative estimate of drug-likeness (QED) is 0.614. The molecular weight excluding hydrogens is 416 g/mol. The van der Waals surface area contributed by atoms with Crippen LogP contribution in [0.5, 0.6) is 0 Å². The maximum atomic E-state index is 13.6. The van der Waals surface area contributed by atoms with Crippen LogP contribution in [0.15, 0.2) is 21.3 Å². The van der Waals surface area contributed by atoms with Crippen molar-refractivity contribution in [2.45, 2.75) is 53.0 Å². The van der Waals surface area contributed by atoms with Gasteiger partial charge in [-0.25, -0.2) is 9.78 Å². The van der Waals surface area contributed by atoms with Crippen LogP contribution in [0.25, 0.3) is 10.2 Å². The molecule has 166 valence electrons. The summed E-state index contributed by atoms with van der Waals surface area (Å²) in [6.07, 6.45) is 3.41. The summed E-state index contributed by atoms with van der Waals surface area (Å²) in [7, 11) is 1.61. The lowest BCUT2D eigenvalue weighted by Gasteiger charge is -2.33. The normalized spacial score (nSPS) is 16.6. The molecular formula is C23H28N2O5S. The molecule has 3 heterocycles. The van der Waals surface area contributed by atoms with Crippen LogP contribution in [-0.2, 0) is 30.5 Å². The van der Waals surface area contributed by atoms with Crippen molar-refractivity contribution in [3.05, 3.63) is 50.3 Å². The number of carboxylic acid groups (broad SMARTS) is 1. The number of aromatic carboxylic acids is 1. The molecule has 0 saturated heterocycles. The van der Waals surface area contributed by atoms with Crippen molar-refractivity contribution in [1.29, 1.82) is 0 Å². The molecule has 1 aliphatic carbocycles. The third kappa shape index (κ3) is 4.19. The molecule has 1 atom stereocenters. The fraction of sp³-hybridized carbons (Fsp3) is 0.522. The molecule has 4 rings (SSSR count). The van der Waals surface area contributed by atoms with Gasteiger partial charge in [-0.05, 0) is 48.3 Å². The minimum Gasteiger partial charge on any atom is -0.475 e. The van der Waals surface area contributed by atoms with Crippen molar-refractivity contribution in [2.75, 3.05) is 13.7 Å². The molecule has 1 N–H and O–H groups in total. The molecule has 0 spiro atoms. The lowest BCUT2D eigenvalue weighted by molar-refractivity contribution is 0.0660. The van der Waals surface area contributed by atoms with Crippen molar-refractivity contribution in [3.63, 3.8) is 0 Å². The number of methoxy groups -OCH3 is 1. The van der Waals surface area contributed by atoms with E-state index in [1.165, 1.54) is 10.9 Å². The zero-order valence-corrected chi connectivity index (χ0v) is 19.2. The Balaban J connectivity index is 1.79. The molecule has 0 aromatic carbocycles. The van der Waals surface area contributed by atoms with Gasteiger partial charge in [0.2, 0.25) is 5.76 Å². The Bertz CT molecular complexity index is 1180. The van der Waals surface area contributed by atoms with Crippen LogP contribution in [0.1, 0.15) is 59.8 Å². The van der Waals surface area contributed by atoms with Gasteiger partial charge >= 0.3 is 5.97 Å². The Morgan fingerprint density at radius 2 is 2.16 bits per heavy atom. The monoisotopic (exact) mass is 444 g/mol. The van der Waals surface area contributed by atoms with Crippen LogP contribution >= 0.6 is 11.3 Å². The van der Waals surface area contributed by atoms with Gasteiger partial charge in [-0.15, -0.1) is 11.3 Å². The predicted molar refractivity (Wildman–Crippen MR) is 119 cm³/mol. The SMILES string of the molecule is COCCc1nc2sc3c(c2c(=O)n1Cc1ccc(C(=O)O)o1)CCC(C(C)(C)C)C3. The standard InChI is InChI=1S/C23H28N2O5S/c1-23(2,3)13-5-7-15-17(11-13)31-20-19(15)21(26)25(18(24-20)9-10-29-4)12-14-6-8-16(30-14)22(27)28/h6,8,13H,5,7,9-12H2,1-4H3,(H,27,28). The van der Waals surface area contributed by atoms with E-state index in [0.717, 1.165) is 29.7 Å². The van der Waals surface area contributed by atoms with E-state index < -0.39 is 5.97 Å². The van der Waals surface area contributed by atoms with Gasteiger partial charge in [-0.3, -0.25) is 9.36 Å². The van der Waals surface area contributed by atoms with Crippen molar-refractivity contribution < 1.29 is 19.1 Å². The summed E-state index contributed by atoms with van der Waals surface area (Å²) in [4.78, 5) is 31.7. The Kier molecular flexibility index (Phi) is 5.79. The van der Waals surface area contributed by atoms with Crippen molar-refractivity contribution in [1.82, 2.24) is 9.55 Å². The molecule has 3 aromatic heterocycles. The van der Waals surface area contributed by atoms with E-state index in [4.69, 9.17) is 19.2 Å². The van der Waals surface area contributed by atoms with E-state index in [-0.39, 0.29) is 23.3 Å². The molecule has 1 aliphatic rings. The molecule has 0 radical (unpaired) electrons. The van der Waals surface area contributed by atoms with Crippen LogP contribution in [0.4, 0.5) is 0 Å². The maximum Gasteiger partial charge on any atom is 0.371 e. The first-order chi connectivity index (χ1) is 14.7. The van der Waals surface area contributed by atoms with E-state index in [9.17, 15) is 9.59 Å². The number of aryl methyl sites for hydroxylation is 1. The highest BCUT2D eigenvalue weighted by Crippen LogP contribution is 2.42. The Morgan fingerprint density at radius 1 is 1.39 bits per heavy atom. The van der Waals surface area contributed by atoms with Crippen LogP contribution in [0, 0.1) is 11.3 Å². The molecule has 31 heavy (non-hydrogen) atoms. The third-order valence-corrected chi connectivity index (χ3v) is 7.34. The van der Waals surface area contributed by atoms with E-state index in [0.29, 0.717) is 35.9 Å². The molecule has 0 saturated carbocycles. The van der Waals surface area contributed by atoms with E-state index in [2.05, 4.69) is 20.8 Å². The smallest absolute Gasteiger partial charge is 0.371 e. The fourth-order valence-corrected chi connectivity index (χ4v) is 5.63. The van der Waals surface area contributed by atoms with Gasteiger partial charge in [0.05, 0.1) is 18.5 Å². The summed E-state index contributed by atoms with van der Waals surface area (Å²) >= 11 is 1.64. The van der Waals surface area contributed by atoms with Gasteiger partial charge in [0.1, 0.15) is 16.4 Å². The Labute approximate surface area is 184 Å². The van der Waals surface area contributed by atoms with Gasteiger partial charge in [-0.1, -0.05) is 20.8 Å². The van der Waals surface area contributed by atoms with Crippen LogP contribution in [-0.4, -0.2) is 34.3 Å². The summed E-state index contributed by atoms with van der Waals surface area (Å²) in [6.45, 7) is 7.41. The zero-order chi connectivity index (χ0) is 22.3. The number of fused-ring (bicyclic) bond motifs is 3. The molecule has 0 bridgehead atoms. The number of hydrogen-bond acceptors (Lipinski definition) is 6. The van der Waals surface area contributed by atoms with Crippen molar-refractivity contribution in [2.24, 2.45) is 11.3 Å². The highest BCUT2D eigenvalue weighted by molar-refractivity contribution is 7.18. The summed E-state index contributed by atoms with van der Waals surface area (Å²) in [5, 5.41) is 9.83. The van der Waals surface area contributed by atoms with E-state index in [1.54, 1.807) is 29.1 Å². The van der Waals surface area contributed by atoms with Gasteiger partial charge in [0, 0.05) is 18.4 Å². The van der Waals surface area contributed by atoms with Crippen molar-refractivity contribution >= 4 is 27.5 Å². The summed E-state index contributed by atoms with van der Waals surface area (Å²) in [5.74, 6) is 0.347. The molecule has 7 nitrogen and oxygen atoms in total. The second-order valence-corrected chi connectivity index (χ2v) is 10.3. The molecule has 1 unspecified atom stereocenters.